The second kappa shape index (κ2) is 19.5. The van der Waals surface area contributed by atoms with Crippen LogP contribution in [0.25, 0.3) is 44.7 Å². The molecule has 3 saturated heterocycles. The number of rotatable bonds is 12. The number of alkyl halides is 1. The van der Waals surface area contributed by atoms with Crippen molar-refractivity contribution in [1.82, 2.24) is 44.9 Å². The topological polar surface area (TPSA) is 198 Å². The SMILES string of the molecule is COC(=O)N[C@H](C(=O)N1CCC[C@@H]1c1ncc(-c2ccc3c(c2)cc2n3C(c3ccc(C4CC4)s3)Oc3cc(-c4cnc(C5CCCN5C(=O)[C@H](NC(=O)OC)C(C)(C)F)[nH]4)cc(F)c3-2)[nH]1)C1C[C@@H](C)O[C@@H](C)C1. The summed E-state index contributed by atoms with van der Waals surface area (Å²) in [7, 11) is 2.45. The van der Waals surface area contributed by atoms with E-state index in [0.29, 0.717) is 91.0 Å². The van der Waals surface area contributed by atoms with E-state index in [4.69, 9.17) is 19.2 Å². The van der Waals surface area contributed by atoms with Crippen LogP contribution in [0.15, 0.2) is 60.9 Å². The lowest BCUT2D eigenvalue weighted by molar-refractivity contribution is -0.139. The lowest BCUT2D eigenvalue weighted by atomic mass is 9.85. The molecule has 4 aromatic heterocycles. The summed E-state index contributed by atoms with van der Waals surface area (Å²) in [5, 5.41) is 6.08. The molecular formula is C54H61F2N9O8S. The van der Waals surface area contributed by atoms with Gasteiger partial charge in [-0.2, -0.15) is 0 Å². The second-order valence-electron chi connectivity index (χ2n) is 21.0. The van der Waals surface area contributed by atoms with Crippen LogP contribution in [-0.2, 0) is 23.8 Å². The number of imidazole rings is 2. The smallest absolute Gasteiger partial charge is 0.407 e. The summed E-state index contributed by atoms with van der Waals surface area (Å²) in [6.07, 6.45) is 7.29. The van der Waals surface area contributed by atoms with Crippen LogP contribution in [0.2, 0.25) is 0 Å². The van der Waals surface area contributed by atoms with Crippen molar-refractivity contribution >= 4 is 46.2 Å². The molecule has 3 unspecified atom stereocenters. The van der Waals surface area contributed by atoms with Gasteiger partial charge >= 0.3 is 12.2 Å². The Morgan fingerprint density at radius 3 is 2.05 bits per heavy atom. The Balaban J connectivity index is 0.893. The lowest BCUT2D eigenvalue weighted by Crippen LogP contribution is -2.56. The second-order valence-corrected chi connectivity index (χ2v) is 22.1. The molecule has 17 nitrogen and oxygen atoms in total. The number of carbonyl (C=O) groups excluding carboxylic acids is 4. The van der Waals surface area contributed by atoms with Gasteiger partial charge in [0.05, 0.1) is 83.9 Å². The monoisotopic (exact) mass is 1030 g/mol. The molecule has 8 heterocycles. The number of fused-ring (bicyclic) bond motifs is 5. The van der Waals surface area contributed by atoms with E-state index >= 15 is 8.78 Å². The number of ether oxygens (including phenoxy) is 4. The van der Waals surface area contributed by atoms with Crippen molar-refractivity contribution < 1.29 is 46.9 Å². The van der Waals surface area contributed by atoms with Crippen molar-refractivity contribution in [3.8, 4) is 39.5 Å². The number of H-pyrrole nitrogens is 2. The molecule has 1 aliphatic carbocycles. The normalized spacial score (nSPS) is 23.5. The highest BCUT2D eigenvalue weighted by molar-refractivity contribution is 7.12. The summed E-state index contributed by atoms with van der Waals surface area (Å²) < 4.78 is 57.0. The molecule has 0 bridgehead atoms. The van der Waals surface area contributed by atoms with Gasteiger partial charge in [0.1, 0.15) is 41.0 Å². The number of amides is 4. The zero-order valence-electron chi connectivity index (χ0n) is 42.2. The minimum absolute atomic E-state index is 0.0577. The van der Waals surface area contributed by atoms with E-state index in [0.717, 1.165) is 53.4 Å². The minimum atomic E-state index is -2.09. The molecule has 6 aromatic rings. The largest absolute Gasteiger partial charge is 0.464 e. The van der Waals surface area contributed by atoms with Gasteiger partial charge in [0.15, 0.2) is 0 Å². The van der Waals surface area contributed by atoms with Crippen LogP contribution < -0.4 is 15.4 Å². The summed E-state index contributed by atoms with van der Waals surface area (Å²) in [4.78, 5) is 74.9. The average Bonchev–Trinajstić information content (AvgIpc) is 4.10. The molecule has 8 atom stereocenters. The number of hydrogen-bond donors (Lipinski definition) is 4. The van der Waals surface area contributed by atoms with Crippen LogP contribution in [0.5, 0.6) is 5.75 Å². The zero-order chi connectivity index (χ0) is 51.7. The molecular weight excluding hydrogens is 973 g/mol. The van der Waals surface area contributed by atoms with E-state index in [-0.39, 0.29) is 30.1 Å². The van der Waals surface area contributed by atoms with Crippen molar-refractivity contribution in [3.63, 3.8) is 0 Å². The third-order valence-corrected chi connectivity index (χ3v) is 16.6. The third-order valence-electron chi connectivity index (χ3n) is 15.3. The van der Waals surface area contributed by atoms with Gasteiger partial charge in [-0.15, -0.1) is 11.3 Å². The summed E-state index contributed by atoms with van der Waals surface area (Å²) in [5.74, 6) is 0.596. The Morgan fingerprint density at radius 2 is 1.42 bits per heavy atom. The van der Waals surface area contributed by atoms with E-state index in [9.17, 15) is 19.2 Å². The molecule has 2 aromatic carbocycles. The van der Waals surface area contributed by atoms with Crippen LogP contribution >= 0.6 is 11.3 Å². The summed E-state index contributed by atoms with van der Waals surface area (Å²) in [6.45, 7) is 7.29. The molecule has 20 heteroatoms. The number of benzene rings is 2. The summed E-state index contributed by atoms with van der Waals surface area (Å²) >= 11 is 1.71. The highest BCUT2D eigenvalue weighted by Gasteiger charge is 2.45. The van der Waals surface area contributed by atoms with Gasteiger partial charge in [0.25, 0.3) is 0 Å². The Bertz CT molecular complexity index is 3130. The molecule has 11 rings (SSSR count). The Hall–Kier alpha value is -6.80. The van der Waals surface area contributed by atoms with Crippen LogP contribution in [0.3, 0.4) is 0 Å². The van der Waals surface area contributed by atoms with E-state index in [1.165, 1.54) is 36.8 Å². The number of aromatic nitrogens is 5. The fourth-order valence-electron chi connectivity index (χ4n) is 11.7. The van der Waals surface area contributed by atoms with Crippen molar-refractivity contribution in [3.05, 3.63) is 88.1 Å². The fraction of sp³-hybridized carbons (Fsp3) is 0.481. The van der Waals surface area contributed by atoms with Crippen LogP contribution in [0.1, 0.15) is 125 Å². The van der Waals surface area contributed by atoms with Crippen molar-refractivity contribution in [1.29, 1.82) is 0 Å². The Morgan fingerprint density at radius 1 is 0.797 bits per heavy atom. The molecule has 5 aliphatic rings. The first-order valence-electron chi connectivity index (χ1n) is 25.6. The number of aromatic amines is 2. The molecule has 390 valence electrons. The van der Waals surface area contributed by atoms with E-state index in [2.05, 4.69) is 53.1 Å². The van der Waals surface area contributed by atoms with Crippen molar-refractivity contribution in [2.75, 3.05) is 27.3 Å². The molecule has 4 aliphatic heterocycles. The third kappa shape index (κ3) is 9.28. The minimum Gasteiger partial charge on any atom is -0.464 e. The first-order valence-corrected chi connectivity index (χ1v) is 26.4. The fourth-order valence-corrected chi connectivity index (χ4v) is 12.9. The number of carbonyl (C=O) groups is 4. The number of thiophene rings is 1. The zero-order valence-corrected chi connectivity index (χ0v) is 43.0. The predicted octanol–water partition coefficient (Wildman–Crippen LogP) is 9.83. The van der Waals surface area contributed by atoms with Crippen LogP contribution in [-0.4, -0.2) is 116 Å². The summed E-state index contributed by atoms with van der Waals surface area (Å²) in [5.41, 5.74) is 2.33. The molecule has 4 N–H and O–H groups in total. The van der Waals surface area contributed by atoms with Gasteiger partial charge in [-0.1, -0.05) is 6.07 Å². The van der Waals surface area contributed by atoms with Gasteiger partial charge in [-0.3, -0.25) is 14.2 Å². The van der Waals surface area contributed by atoms with Crippen LogP contribution in [0.4, 0.5) is 18.4 Å². The number of methoxy groups -OCH3 is 2. The number of likely N-dealkylation sites (tertiary alicyclic amines) is 2. The maximum atomic E-state index is 17.0. The first-order chi connectivity index (χ1) is 35.6. The lowest BCUT2D eigenvalue weighted by Gasteiger charge is -2.38. The van der Waals surface area contributed by atoms with Crippen LogP contribution in [0, 0.1) is 11.7 Å². The molecule has 4 fully saturated rings. The molecule has 74 heavy (non-hydrogen) atoms. The molecule has 0 spiro atoms. The van der Waals surface area contributed by atoms with Gasteiger partial charge in [-0.05, 0) is 133 Å². The quantitative estimate of drug-likeness (QED) is 0.0915. The molecule has 0 radical (unpaired) electrons. The number of nitrogens with zero attached hydrogens (tertiary/aromatic N) is 5. The van der Waals surface area contributed by atoms with Gasteiger partial charge < -0.3 is 49.3 Å². The van der Waals surface area contributed by atoms with Crippen molar-refractivity contribution in [2.24, 2.45) is 5.92 Å². The highest BCUT2D eigenvalue weighted by atomic mass is 32.1. The summed E-state index contributed by atoms with van der Waals surface area (Å²) in [6, 6.07) is 12.5. The number of nitrogens with one attached hydrogen (secondary N) is 4. The number of halogens is 2. The Kier molecular flexibility index (Phi) is 13.0. The molecule has 4 amide bonds. The Labute approximate surface area is 430 Å². The number of hydrogen-bond acceptors (Lipinski definition) is 11. The molecule has 1 saturated carbocycles. The maximum absolute atomic E-state index is 17.0. The van der Waals surface area contributed by atoms with E-state index < -0.39 is 53.9 Å². The van der Waals surface area contributed by atoms with Gasteiger partial charge in [0, 0.05) is 34.5 Å². The standard InChI is InChI=1S/C54H61F2N9O8S/c1-27-19-33(20-28(2)72-27)45(61-52(68)70-5)49(66)63-17-7-9-38(63)47-57-25-35(59-47)30-13-14-37-32(21-30)23-40-44-34(55)22-31(24-41(44)73-51(65(37)40)43-16-15-42(74-43)29-11-12-29)36-26-58-48(60-36)39-10-8-18-64(39)50(67)46(54(3,4)56)62-53(69)71-6/h13-16,21-29,33,38-39,45-46,51H,7-12,17-20H2,1-6H3,(H,57,59)(H,58,60)(H,61,68)(H,62,69)/t27-,28+,33?,38-,39?,45+,46+,51?/m1/s1. The number of alkyl carbamates (subject to hydrolysis) is 2. The first kappa shape index (κ1) is 49.4. The highest BCUT2D eigenvalue weighted by Crippen LogP contribution is 2.50. The average molecular weight is 1030 g/mol. The maximum Gasteiger partial charge on any atom is 0.407 e. The van der Waals surface area contributed by atoms with Gasteiger partial charge in [-0.25, -0.2) is 28.3 Å². The van der Waals surface area contributed by atoms with Gasteiger partial charge in [0.2, 0.25) is 18.0 Å². The van der Waals surface area contributed by atoms with Crippen molar-refractivity contribution in [2.45, 2.75) is 133 Å². The predicted molar refractivity (Wildman–Crippen MR) is 272 cm³/mol. The van der Waals surface area contributed by atoms with E-state index in [1.807, 2.05) is 43.0 Å². The van der Waals surface area contributed by atoms with E-state index in [1.54, 1.807) is 23.7 Å².